The molecule has 2 atom stereocenters. The summed E-state index contributed by atoms with van der Waals surface area (Å²) in [5.41, 5.74) is 0. The van der Waals surface area contributed by atoms with Crippen molar-refractivity contribution in [1.82, 2.24) is 0 Å². The Morgan fingerprint density at radius 2 is 0.507 bits per heavy atom. The first-order valence-corrected chi connectivity index (χ1v) is 31.4. The quantitative estimate of drug-likeness (QED) is 0.0343. The van der Waals surface area contributed by atoms with Gasteiger partial charge in [0, 0.05) is 19.3 Å². The largest absolute Gasteiger partial charge is 0.462 e. The van der Waals surface area contributed by atoms with Crippen LogP contribution in [0.4, 0.5) is 0 Å². The highest BCUT2D eigenvalue weighted by Crippen LogP contribution is 2.19. The van der Waals surface area contributed by atoms with Gasteiger partial charge in [0.2, 0.25) is 0 Å². The summed E-state index contributed by atoms with van der Waals surface area (Å²) in [6.07, 6.45) is 63.8. The Kier molecular flexibility index (Phi) is 56.0. The number of hydrogen-bond donors (Lipinski definition) is 0. The van der Waals surface area contributed by atoms with Gasteiger partial charge in [0.05, 0.1) is 0 Å². The van der Waals surface area contributed by atoms with Gasteiger partial charge in [0.1, 0.15) is 13.2 Å². The van der Waals surface area contributed by atoms with E-state index >= 15 is 0 Å². The highest BCUT2D eigenvalue weighted by molar-refractivity contribution is 5.71. The molecule has 0 aromatic heterocycles. The van der Waals surface area contributed by atoms with Crippen molar-refractivity contribution in [2.45, 2.75) is 368 Å². The lowest BCUT2D eigenvalue weighted by Crippen LogP contribution is -2.30. The molecule has 0 aromatic carbocycles. The second kappa shape index (κ2) is 57.3. The van der Waals surface area contributed by atoms with Crippen LogP contribution < -0.4 is 0 Å². The Morgan fingerprint density at radius 3 is 0.754 bits per heavy atom. The first-order chi connectivity index (χ1) is 33.9. The predicted molar refractivity (Wildman–Crippen MR) is 298 cm³/mol. The van der Waals surface area contributed by atoms with Gasteiger partial charge in [-0.2, -0.15) is 0 Å². The summed E-state index contributed by atoms with van der Waals surface area (Å²) in [6.45, 7) is 9.12. The van der Waals surface area contributed by atoms with E-state index in [1.165, 1.54) is 257 Å². The molecule has 0 amide bonds. The Balaban J connectivity index is 4.26. The zero-order chi connectivity index (χ0) is 50.2. The van der Waals surface area contributed by atoms with Gasteiger partial charge in [0.15, 0.2) is 6.10 Å². The molecule has 0 aliphatic rings. The maximum atomic E-state index is 12.9. The van der Waals surface area contributed by atoms with Crippen LogP contribution in [-0.2, 0) is 28.6 Å². The molecule has 6 nitrogen and oxygen atoms in total. The molecule has 410 valence electrons. The molecule has 0 saturated heterocycles. The molecule has 0 fully saturated rings. The molecule has 0 bridgehead atoms. The maximum Gasteiger partial charge on any atom is 0.306 e. The molecular formula is C63H122O6. The molecule has 0 rings (SSSR count). The van der Waals surface area contributed by atoms with E-state index in [0.717, 1.165) is 63.7 Å². The Labute approximate surface area is 431 Å². The van der Waals surface area contributed by atoms with E-state index in [9.17, 15) is 14.4 Å². The minimum absolute atomic E-state index is 0.0613. The van der Waals surface area contributed by atoms with E-state index in [1.54, 1.807) is 0 Å². The fraction of sp³-hybridized carbons (Fsp3) is 0.952. The fourth-order valence-electron chi connectivity index (χ4n) is 9.78. The van der Waals surface area contributed by atoms with Crippen molar-refractivity contribution in [2.75, 3.05) is 13.2 Å². The smallest absolute Gasteiger partial charge is 0.306 e. The topological polar surface area (TPSA) is 78.9 Å². The van der Waals surface area contributed by atoms with Crippen molar-refractivity contribution in [1.29, 1.82) is 0 Å². The highest BCUT2D eigenvalue weighted by atomic mass is 16.6. The summed E-state index contributed by atoms with van der Waals surface area (Å²) >= 11 is 0. The van der Waals surface area contributed by atoms with Crippen molar-refractivity contribution >= 4 is 17.9 Å². The Hall–Kier alpha value is -1.59. The number of unbranched alkanes of at least 4 members (excludes halogenated alkanes) is 44. The third-order valence-corrected chi connectivity index (χ3v) is 14.9. The van der Waals surface area contributed by atoms with Gasteiger partial charge in [-0.1, -0.05) is 323 Å². The van der Waals surface area contributed by atoms with Crippen molar-refractivity contribution in [3.8, 4) is 0 Å². The molecule has 0 N–H and O–H groups in total. The van der Waals surface area contributed by atoms with E-state index in [0.29, 0.717) is 19.3 Å². The van der Waals surface area contributed by atoms with Crippen LogP contribution in [0.25, 0.3) is 0 Å². The van der Waals surface area contributed by atoms with Crippen LogP contribution in [0.5, 0.6) is 0 Å². The van der Waals surface area contributed by atoms with E-state index in [2.05, 4.69) is 27.7 Å². The molecule has 0 saturated carbocycles. The lowest BCUT2D eigenvalue weighted by atomic mass is 9.99. The predicted octanol–water partition coefficient (Wildman–Crippen LogP) is 21.0. The minimum Gasteiger partial charge on any atom is -0.462 e. The van der Waals surface area contributed by atoms with Gasteiger partial charge in [-0.15, -0.1) is 0 Å². The standard InChI is InChI=1S/C63H122O6/c1-5-8-10-12-14-16-18-20-22-23-24-25-26-31-34-38-42-46-50-54-61(64)67-57-60(69-63(66)56-52-48-44-40-36-30-21-19-17-15-13-11-9-6-2)58-68-62(65)55-51-47-43-39-35-32-28-27-29-33-37-41-45-49-53-59(4)7-3/h59-60H,5-58H2,1-4H3/t59?,60-/m1/s1. The van der Waals surface area contributed by atoms with Gasteiger partial charge in [-0.3, -0.25) is 14.4 Å². The van der Waals surface area contributed by atoms with Gasteiger partial charge in [-0.25, -0.2) is 0 Å². The van der Waals surface area contributed by atoms with Crippen molar-refractivity contribution in [2.24, 2.45) is 5.92 Å². The Morgan fingerprint density at radius 1 is 0.290 bits per heavy atom. The molecule has 0 aliphatic carbocycles. The molecule has 6 heteroatoms. The van der Waals surface area contributed by atoms with Crippen LogP contribution >= 0.6 is 0 Å². The summed E-state index contributed by atoms with van der Waals surface area (Å²) in [5.74, 6) is 0.0666. The second-order valence-electron chi connectivity index (χ2n) is 21.9. The third kappa shape index (κ3) is 55.6. The van der Waals surface area contributed by atoms with Crippen LogP contribution in [0, 0.1) is 5.92 Å². The minimum atomic E-state index is -0.762. The van der Waals surface area contributed by atoms with Crippen LogP contribution in [0.15, 0.2) is 0 Å². The molecule has 0 aromatic rings. The molecule has 1 unspecified atom stereocenters. The number of carbonyl (C=O) groups excluding carboxylic acids is 3. The summed E-state index contributed by atoms with van der Waals surface area (Å²) in [7, 11) is 0. The maximum absolute atomic E-state index is 12.9. The van der Waals surface area contributed by atoms with Gasteiger partial charge in [-0.05, 0) is 25.2 Å². The monoisotopic (exact) mass is 975 g/mol. The molecular weight excluding hydrogens is 853 g/mol. The lowest BCUT2D eigenvalue weighted by Gasteiger charge is -2.18. The zero-order valence-corrected chi connectivity index (χ0v) is 47.3. The van der Waals surface area contributed by atoms with E-state index in [1.807, 2.05) is 0 Å². The normalized spacial score (nSPS) is 12.3. The SMILES string of the molecule is CCCCCCCCCCCCCCCCCCCCCC(=O)OC[C@H](COC(=O)CCCCCCCCCCCCCCCCC(C)CC)OC(=O)CCCCCCCCCCCCCCCC. The summed E-state index contributed by atoms with van der Waals surface area (Å²) in [5, 5.41) is 0. The number of esters is 3. The van der Waals surface area contributed by atoms with Gasteiger partial charge in [0.25, 0.3) is 0 Å². The first-order valence-electron chi connectivity index (χ1n) is 31.4. The summed E-state index contributed by atoms with van der Waals surface area (Å²) < 4.78 is 16.9. The Bertz CT molecular complexity index is 1040. The van der Waals surface area contributed by atoms with Crippen LogP contribution in [0.1, 0.15) is 362 Å². The van der Waals surface area contributed by atoms with Gasteiger partial charge < -0.3 is 14.2 Å². The third-order valence-electron chi connectivity index (χ3n) is 14.9. The number of hydrogen-bond acceptors (Lipinski definition) is 6. The van der Waals surface area contributed by atoms with Crippen molar-refractivity contribution in [3.63, 3.8) is 0 Å². The number of rotatable bonds is 58. The van der Waals surface area contributed by atoms with Crippen LogP contribution in [-0.4, -0.2) is 37.2 Å². The van der Waals surface area contributed by atoms with Crippen molar-refractivity contribution < 1.29 is 28.6 Å². The number of carbonyl (C=O) groups is 3. The van der Waals surface area contributed by atoms with E-state index in [4.69, 9.17) is 14.2 Å². The van der Waals surface area contributed by atoms with Crippen LogP contribution in [0.3, 0.4) is 0 Å². The highest BCUT2D eigenvalue weighted by Gasteiger charge is 2.19. The molecule has 0 radical (unpaired) electrons. The fourth-order valence-corrected chi connectivity index (χ4v) is 9.78. The summed E-state index contributed by atoms with van der Waals surface area (Å²) in [4.78, 5) is 38.3. The van der Waals surface area contributed by atoms with E-state index in [-0.39, 0.29) is 31.1 Å². The van der Waals surface area contributed by atoms with E-state index < -0.39 is 6.10 Å². The molecule has 0 aliphatic heterocycles. The van der Waals surface area contributed by atoms with Crippen molar-refractivity contribution in [3.05, 3.63) is 0 Å². The average molecular weight is 976 g/mol. The lowest BCUT2D eigenvalue weighted by molar-refractivity contribution is -0.167. The number of ether oxygens (including phenoxy) is 3. The second-order valence-corrected chi connectivity index (χ2v) is 21.9. The molecule has 69 heavy (non-hydrogen) atoms. The average Bonchev–Trinajstić information content (AvgIpc) is 3.35. The first kappa shape index (κ1) is 67.4. The zero-order valence-electron chi connectivity index (χ0n) is 47.3. The summed E-state index contributed by atoms with van der Waals surface area (Å²) in [6, 6.07) is 0. The van der Waals surface area contributed by atoms with Crippen LogP contribution in [0.2, 0.25) is 0 Å². The molecule has 0 heterocycles. The van der Waals surface area contributed by atoms with Gasteiger partial charge >= 0.3 is 17.9 Å². The molecule has 0 spiro atoms.